The Balaban J connectivity index is 0.822. The van der Waals surface area contributed by atoms with E-state index >= 15 is 0 Å². The van der Waals surface area contributed by atoms with Gasteiger partial charge in [-0.15, -0.1) is 5.10 Å². The molecule has 0 spiro atoms. The molecule has 2 atom stereocenters. The molecule has 0 radical (unpaired) electrons. The van der Waals surface area contributed by atoms with Crippen LogP contribution in [0.1, 0.15) is 90.1 Å². The van der Waals surface area contributed by atoms with Crippen molar-refractivity contribution in [3.63, 3.8) is 0 Å². The molecule has 73 heavy (non-hydrogen) atoms. The Hall–Kier alpha value is -6.80. The van der Waals surface area contributed by atoms with Gasteiger partial charge in [-0.2, -0.15) is 4.48 Å². The van der Waals surface area contributed by atoms with Crippen molar-refractivity contribution in [2.75, 3.05) is 80.0 Å². The molecule has 0 N–H and O–H groups in total. The molecule has 5 aliphatic rings. The number of nitrogens with zero attached hydrogens (tertiary/aromatic N) is 8. The molecular formula is C54H65N8O11+. The number of amides is 4. The number of unbranched alkanes of at least 4 members (excludes halogenated alkanes) is 3. The van der Waals surface area contributed by atoms with Gasteiger partial charge in [0, 0.05) is 43.2 Å². The monoisotopic (exact) mass is 1000 g/mol. The van der Waals surface area contributed by atoms with Crippen molar-refractivity contribution in [1.82, 2.24) is 24.8 Å². The maximum absolute atomic E-state index is 13.5. The number of imide groups is 1. The van der Waals surface area contributed by atoms with Gasteiger partial charge in [-0.1, -0.05) is 25.0 Å². The molecule has 0 aliphatic carbocycles. The molecule has 1 aromatic heterocycles. The van der Waals surface area contributed by atoms with Crippen LogP contribution in [0.3, 0.4) is 0 Å². The Labute approximate surface area is 425 Å². The Bertz CT molecular complexity index is 2610. The number of ether oxygens (including phenoxy) is 7. The lowest BCUT2D eigenvalue weighted by Gasteiger charge is -2.28. The Morgan fingerprint density at radius 3 is 1.71 bits per heavy atom. The zero-order chi connectivity index (χ0) is 50.7. The van der Waals surface area contributed by atoms with E-state index < -0.39 is 0 Å². The third-order valence-corrected chi connectivity index (χ3v) is 14.0. The molecule has 0 saturated carbocycles. The summed E-state index contributed by atoms with van der Waals surface area (Å²) in [5, 5.41) is 8.90. The van der Waals surface area contributed by atoms with Crippen molar-refractivity contribution >= 4 is 47.4 Å². The standard InChI is InChI=1S/C54H65N8O11/c1-4-5-6-7-17-62(51(63)12-13-52(62)64)18-20-70-22-24-71-23-21-69-19-16-59-34-46(57-58-59)39-26-37(35-72-49-30-44-42(28-47(49)67-2)53(65)60-14-8-10-40(60)32-55-44)25-38(27-39)36-73-50-31-45-43(29-48(50)68-3)54(66)61-15-9-11-41(61)33-56-45/h12-13,25-34,40-41H,4-11,14-24,35-36H2,1-3H3/q+1/t40-,41-/m0/s1. The van der Waals surface area contributed by atoms with Crippen molar-refractivity contribution in [3.8, 4) is 34.3 Å². The Morgan fingerprint density at radius 2 is 1.16 bits per heavy atom. The van der Waals surface area contributed by atoms with Crippen LogP contribution >= 0.6 is 0 Å². The first-order valence-electron chi connectivity index (χ1n) is 25.5. The molecule has 386 valence electrons. The van der Waals surface area contributed by atoms with Gasteiger partial charge in [-0.05, 0) is 80.0 Å². The number of benzene rings is 3. The summed E-state index contributed by atoms with van der Waals surface area (Å²) in [6.07, 6.45) is 15.9. The van der Waals surface area contributed by atoms with Gasteiger partial charge in [0.15, 0.2) is 23.0 Å². The first-order valence-corrected chi connectivity index (χ1v) is 25.5. The average Bonchev–Trinajstić information content (AvgIpc) is 4.22. The lowest BCUT2D eigenvalue weighted by molar-refractivity contribution is -0.772. The summed E-state index contributed by atoms with van der Waals surface area (Å²) in [6.45, 7) is 7.13. The van der Waals surface area contributed by atoms with Gasteiger partial charge in [0.1, 0.15) is 25.5 Å². The van der Waals surface area contributed by atoms with Crippen LogP contribution in [-0.2, 0) is 43.6 Å². The Morgan fingerprint density at radius 1 is 0.616 bits per heavy atom. The predicted octanol–water partition coefficient (Wildman–Crippen LogP) is 6.83. The first kappa shape index (κ1) is 51.1. The molecule has 19 heteroatoms. The van der Waals surface area contributed by atoms with Crippen LogP contribution in [0.25, 0.3) is 11.3 Å². The van der Waals surface area contributed by atoms with Crippen LogP contribution in [0.5, 0.6) is 23.0 Å². The van der Waals surface area contributed by atoms with Crippen LogP contribution in [0.15, 0.2) is 70.8 Å². The van der Waals surface area contributed by atoms with E-state index in [-0.39, 0.29) is 60.0 Å². The first-order chi connectivity index (χ1) is 35.7. The number of hydrogen-bond acceptors (Lipinski definition) is 15. The zero-order valence-electron chi connectivity index (χ0n) is 42.0. The number of carbonyl (C=O) groups excluding carboxylic acids is 4. The van der Waals surface area contributed by atoms with E-state index in [2.05, 4.69) is 17.2 Å². The summed E-state index contributed by atoms with van der Waals surface area (Å²) in [4.78, 5) is 65.5. The molecule has 0 unspecified atom stereocenters. The van der Waals surface area contributed by atoms with Crippen molar-refractivity contribution in [2.45, 2.75) is 90.1 Å². The molecule has 2 saturated heterocycles. The molecule has 19 nitrogen and oxygen atoms in total. The lowest BCUT2D eigenvalue weighted by atomic mass is 10.0. The SMILES string of the molecule is CCCCCC[N+]1(CCOCCOCCOCCn2cc(-c3cc(COc4cc5c(cc4OC)C(=O)N4CCC[C@H]4C=N5)cc(COc4cc5c(cc4OC)C(=O)N4CCC[C@H]4C=N5)c3)nn2)C(=O)C=CC1=O. The zero-order valence-corrected chi connectivity index (χ0v) is 42.0. The quantitative estimate of drug-likeness (QED) is 0.0361. The number of fused-ring (bicyclic) bond motifs is 4. The van der Waals surface area contributed by atoms with E-state index in [1.54, 1.807) is 43.2 Å². The van der Waals surface area contributed by atoms with Crippen molar-refractivity contribution in [2.24, 2.45) is 9.98 Å². The topological polar surface area (TPSA) is 195 Å². The second-order valence-electron chi connectivity index (χ2n) is 18.8. The molecule has 9 rings (SSSR count). The molecule has 4 amide bonds. The third kappa shape index (κ3) is 11.7. The van der Waals surface area contributed by atoms with Gasteiger partial charge >= 0.3 is 11.8 Å². The van der Waals surface area contributed by atoms with Gasteiger partial charge in [-0.3, -0.25) is 19.6 Å². The van der Waals surface area contributed by atoms with Gasteiger partial charge in [0.05, 0.1) is 120 Å². The lowest BCUT2D eigenvalue weighted by Crippen LogP contribution is -2.55. The van der Waals surface area contributed by atoms with E-state index in [1.165, 1.54) is 12.2 Å². The van der Waals surface area contributed by atoms with Crippen molar-refractivity contribution < 1.29 is 56.8 Å². The molecule has 2 fully saturated rings. The Kier molecular flexibility index (Phi) is 16.7. The number of hydrogen-bond donors (Lipinski definition) is 0. The number of methoxy groups -OCH3 is 2. The van der Waals surface area contributed by atoms with Gasteiger partial charge in [0.25, 0.3) is 11.8 Å². The minimum Gasteiger partial charge on any atom is -0.493 e. The molecule has 6 heterocycles. The highest BCUT2D eigenvalue weighted by Crippen LogP contribution is 2.40. The van der Waals surface area contributed by atoms with Crippen LogP contribution in [0, 0.1) is 0 Å². The summed E-state index contributed by atoms with van der Waals surface area (Å²) in [6, 6.07) is 12.8. The maximum atomic E-state index is 13.5. The molecule has 5 aliphatic heterocycles. The molecule has 4 aromatic rings. The molecule has 3 aromatic carbocycles. The summed E-state index contributed by atoms with van der Waals surface area (Å²) < 4.78 is 43.2. The van der Waals surface area contributed by atoms with E-state index in [0.29, 0.717) is 117 Å². The largest absolute Gasteiger partial charge is 0.493 e. The fourth-order valence-electron chi connectivity index (χ4n) is 10.00. The average molecular weight is 1000 g/mol. The van der Waals surface area contributed by atoms with E-state index in [9.17, 15) is 19.2 Å². The van der Waals surface area contributed by atoms with Crippen molar-refractivity contribution in [3.05, 3.63) is 83.1 Å². The van der Waals surface area contributed by atoms with Gasteiger partial charge < -0.3 is 43.0 Å². The minimum atomic E-state index is -0.190. The summed E-state index contributed by atoms with van der Waals surface area (Å²) >= 11 is 0. The van der Waals surface area contributed by atoms with Crippen molar-refractivity contribution in [1.29, 1.82) is 0 Å². The summed E-state index contributed by atoms with van der Waals surface area (Å²) in [7, 11) is 3.10. The van der Waals surface area contributed by atoms with Crippen LogP contribution in [-0.4, -0.2) is 157 Å². The second kappa shape index (κ2) is 23.8. The highest BCUT2D eigenvalue weighted by molar-refractivity contribution is 6.05. The molecule has 0 bridgehead atoms. The fourth-order valence-corrected chi connectivity index (χ4v) is 10.00. The smallest absolute Gasteiger partial charge is 0.346 e. The summed E-state index contributed by atoms with van der Waals surface area (Å²) in [5.74, 6) is 1.25. The maximum Gasteiger partial charge on any atom is 0.346 e. The van der Waals surface area contributed by atoms with Crippen LogP contribution < -0.4 is 18.9 Å². The van der Waals surface area contributed by atoms with Gasteiger partial charge in [0.2, 0.25) is 0 Å². The van der Waals surface area contributed by atoms with E-state index in [4.69, 9.17) is 43.1 Å². The normalized spacial score (nSPS) is 18.5. The second-order valence-corrected chi connectivity index (χ2v) is 18.8. The third-order valence-electron chi connectivity index (χ3n) is 14.0. The molecular weight excluding hydrogens is 937 g/mol. The van der Waals surface area contributed by atoms with E-state index in [1.807, 2.05) is 46.6 Å². The van der Waals surface area contributed by atoms with Gasteiger partial charge in [-0.25, -0.2) is 14.3 Å². The van der Waals surface area contributed by atoms with E-state index in [0.717, 1.165) is 68.1 Å². The fraction of sp³-hybridized carbons (Fsp3) is 0.481. The predicted molar refractivity (Wildman–Crippen MR) is 270 cm³/mol. The number of aromatic nitrogens is 3. The number of carbonyl (C=O) groups is 4. The number of rotatable bonds is 26. The summed E-state index contributed by atoms with van der Waals surface area (Å²) in [5.41, 5.74) is 5.01. The van der Waals surface area contributed by atoms with Crippen LogP contribution in [0.2, 0.25) is 0 Å². The highest BCUT2D eigenvalue weighted by atomic mass is 16.5. The number of quaternary nitrogens is 1. The highest BCUT2D eigenvalue weighted by Gasteiger charge is 2.45. The number of aliphatic imine (C=N–C) groups is 2. The van der Waals surface area contributed by atoms with Crippen LogP contribution in [0.4, 0.5) is 11.4 Å². The minimum absolute atomic E-state index is 0.0289.